The number of nitrogens with zero attached hydrogens (tertiary/aromatic N) is 4. The van der Waals surface area contributed by atoms with Gasteiger partial charge in [0.2, 0.25) is 10.0 Å². The molecule has 0 unspecified atom stereocenters. The Balaban J connectivity index is 1.80. The standard InChI is InChI=1S/C16H15ClF3N5O4S/c17-12-7-10(16(18,19)20)9-22-15(12)24-5-3-23(4-6-24)13-2-1-11(30(21,28)29)8-14(13)25(26)27/h1-2,7-9H,3-6H2,(H2,21,28,29). The SMILES string of the molecule is NS(=O)(=O)c1ccc(N2CCN(c3ncc(C(F)(F)F)cc3Cl)CC2)c([N+](=O)[O-])c1. The van der Waals surface area contributed by atoms with Gasteiger partial charge in [0.25, 0.3) is 5.69 Å². The fourth-order valence-electron chi connectivity index (χ4n) is 3.07. The third-order valence-electron chi connectivity index (χ3n) is 4.54. The fourth-order valence-corrected chi connectivity index (χ4v) is 3.89. The number of sulfonamides is 1. The maximum Gasteiger partial charge on any atom is 0.417 e. The van der Waals surface area contributed by atoms with Gasteiger partial charge < -0.3 is 9.80 Å². The maximum atomic E-state index is 12.8. The van der Waals surface area contributed by atoms with E-state index in [-0.39, 0.29) is 47.6 Å². The van der Waals surface area contributed by atoms with E-state index in [4.69, 9.17) is 16.7 Å². The maximum absolute atomic E-state index is 12.8. The van der Waals surface area contributed by atoms with Gasteiger partial charge in [0.1, 0.15) is 11.5 Å². The first-order valence-corrected chi connectivity index (χ1v) is 10.3. The van der Waals surface area contributed by atoms with Gasteiger partial charge in [-0.2, -0.15) is 13.2 Å². The number of anilines is 2. The molecule has 1 aromatic heterocycles. The molecule has 2 aromatic rings. The third kappa shape index (κ3) is 4.57. The molecule has 3 rings (SSSR count). The number of alkyl halides is 3. The Morgan fingerprint density at radius 1 is 1.13 bits per heavy atom. The van der Waals surface area contributed by atoms with Gasteiger partial charge in [-0.1, -0.05) is 11.6 Å². The van der Waals surface area contributed by atoms with Gasteiger partial charge >= 0.3 is 6.18 Å². The third-order valence-corrected chi connectivity index (χ3v) is 5.73. The van der Waals surface area contributed by atoms with Crippen LogP contribution in [0, 0.1) is 10.1 Å². The summed E-state index contributed by atoms with van der Waals surface area (Å²) in [6, 6.07) is 4.17. The van der Waals surface area contributed by atoms with Crippen molar-refractivity contribution in [3.05, 3.63) is 51.2 Å². The van der Waals surface area contributed by atoms with Gasteiger partial charge in [0.05, 0.1) is 20.4 Å². The summed E-state index contributed by atoms with van der Waals surface area (Å²) in [4.78, 5) is 17.5. The second kappa shape index (κ2) is 7.89. The molecule has 1 aliphatic rings. The minimum atomic E-state index is -4.56. The van der Waals surface area contributed by atoms with Crippen LogP contribution in [0.2, 0.25) is 5.02 Å². The second-order valence-electron chi connectivity index (χ2n) is 6.45. The lowest BCUT2D eigenvalue weighted by atomic mass is 10.2. The predicted molar refractivity (Wildman–Crippen MR) is 103 cm³/mol. The Morgan fingerprint density at radius 2 is 1.73 bits per heavy atom. The topological polar surface area (TPSA) is 123 Å². The quantitative estimate of drug-likeness (QED) is 0.544. The van der Waals surface area contributed by atoms with E-state index in [1.165, 1.54) is 12.1 Å². The first-order valence-electron chi connectivity index (χ1n) is 8.42. The minimum absolute atomic E-state index is 0.151. The molecule has 0 amide bonds. The normalized spacial score (nSPS) is 15.4. The van der Waals surface area contributed by atoms with E-state index in [1.54, 1.807) is 9.80 Å². The zero-order chi connectivity index (χ0) is 22.3. The molecular formula is C16H15ClF3N5O4S. The number of rotatable bonds is 4. The molecular weight excluding hydrogens is 451 g/mol. The highest BCUT2D eigenvalue weighted by Crippen LogP contribution is 2.35. The smallest absolute Gasteiger partial charge is 0.362 e. The molecule has 1 aliphatic heterocycles. The number of primary sulfonamides is 1. The fraction of sp³-hybridized carbons (Fsp3) is 0.312. The number of piperazine rings is 1. The van der Waals surface area contributed by atoms with Gasteiger partial charge in [-0.25, -0.2) is 18.5 Å². The Morgan fingerprint density at radius 3 is 2.23 bits per heavy atom. The highest BCUT2D eigenvalue weighted by Gasteiger charge is 2.33. The summed E-state index contributed by atoms with van der Waals surface area (Å²) in [5.74, 6) is 0.184. The van der Waals surface area contributed by atoms with Crippen molar-refractivity contribution in [1.82, 2.24) is 4.98 Å². The number of nitro groups is 1. The van der Waals surface area contributed by atoms with E-state index < -0.39 is 32.4 Å². The molecule has 0 spiro atoms. The summed E-state index contributed by atoms with van der Waals surface area (Å²) in [5.41, 5.74) is -1.17. The molecule has 1 aromatic carbocycles. The van der Waals surface area contributed by atoms with Gasteiger partial charge in [-0.3, -0.25) is 10.1 Å². The molecule has 1 fully saturated rings. The summed E-state index contributed by atoms with van der Waals surface area (Å²) in [7, 11) is -4.10. The number of halogens is 4. The molecule has 1 saturated heterocycles. The van der Waals surface area contributed by atoms with Crippen LogP contribution in [0.15, 0.2) is 35.4 Å². The van der Waals surface area contributed by atoms with E-state index >= 15 is 0 Å². The van der Waals surface area contributed by atoms with Crippen molar-refractivity contribution in [2.45, 2.75) is 11.1 Å². The lowest BCUT2D eigenvalue weighted by Crippen LogP contribution is -2.47. The Kier molecular flexibility index (Phi) is 5.80. The van der Waals surface area contributed by atoms with Crippen molar-refractivity contribution in [3.8, 4) is 0 Å². The minimum Gasteiger partial charge on any atom is -0.362 e. The largest absolute Gasteiger partial charge is 0.417 e. The summed E-state index contributed by atoms with van der Waals surface area (Å²) in [6.07, 6.45) is -3.86. The van der Waals surface area contributed by atoms with Crippen LogP contribution in [0.25, 0.3) is 0 Å². The number of pyridine rings is 1. The average Bonchev–Trinajstić information content (AvgIpc) is 2.66. The molecule has 2 N–H and O–H groups in total. The van der Waals surface area contributed by atoms with Crippen LogP contribution < -0.4 is 14.9 Å². The van der Waals surface area contributed by atoms with Crippen molar-refractivity contribution in [2.75, 3.05) is 36.0 Å². The zero-order valence-corrected chi connectivity index (χ0v) is 16.7. The molecule has 162 valence electrons. The van der Waals surface area contributed by atoms with Crippen LogP contribution in [0.1, 0.15) is 5.56 Å². The highest BCUT2D eigenvalue weighted by atomic mass is 35.5. The van der Waals surface area contributed by atoms with Crippen LogP contribution in [0.4, 0.5) is 30.4 Å². The van der Waals surface area contributed by atoms with Crippen molar-refractivity contribution >= 4 is 38.8 Å². The summed E-state index contributed by atoms with van der Waals surface area (Å²) >= 11 is 5.97. The molecule has 0 bridgehead atoms. The first kappa shape index (κ1) is 22.1. The highest BCUT2D eigenvalue weighted by molar-refractivity contribution is 7.89. The molecule has 2 heterocycles. The van der Waals surface area contributed by atoms with E-state index in [0.717, 1.165) is 12.1 Å². The van der Waals surface area contributed by atoms with Crippen LogP contribution >= 0.6 is 11.6 Å². The van der Waals surface area contributed by atoms with Crippen molar-refractivity contribution < 1.29 is 26.5 Å². The Bertz CT molecular complexity index is 1090. The summed E-state index contributed by atoms with van der Waals surface area (Å²) in [6.45, 7) is 1.11. The van der Waals surface area contributed by atoms with Gasteiger partial charge in [-0.05, 0) is 18.2 Å². The molecule has 0 atom stereocenters. The van der Waals surface area contributed by atoms with Crippen LogP contribution in [0.5, 0.6) is 0 Å². The van der Waals surface area contributed by atoms with Crippen molar-refractivity contribution in [1.29, 1.82) is 0 Å². The van der Waals surface area contributed by atoms with E-state index in [9.17, 15) is 31.7 Å². The number of aromatic nitrogens is 1. The second-order valence-corrected chi connectivity index (χ2v) is 8.42. The monoisotopic (exact) mass is 465 g/mol. The summed E-state index contributed by atoms with van der Waals surface area (Å²) in [5, 5.41) is 16.3. The molecule has 9 nitrogen and oxygen atoms in total. The number of benzene rings is 1. The van der Waals surface area contributed by atoms with E-state index in [0.29, 0.717) is 6.20 Å². The average molecular weight is 466 g/mol. The molecule has 0 saturated carbocycles. The molecule has 0 aliphatic carbocycles. The zero-order valence-electron chi connectivity index (χ0n) is 15.1. The van der Waals surface area contributed by atoms with E-state index in [2.05, 4.69) is 4.98 Å². The lowest BCUT2D eigenvalue weighted by Gasteiger charge is -2.36. The Labute approximate surface area is 174 Å². The lowest BCUT2D eigenvalue weighted by molar-refractivity contribution is -0.384. The van der Waals surface area contributed by atoms with Gasteiger partial charge in [0, 0.05) is 38.4 Å². The number of nitro benzene ring substituents is 1. The van der Waals surface area contributed by atoms with Gasteiger partial charge in [0.15, 0.2) is 0 Å². The van der Waals surface area contributed by atoms with Crippen LogP contribution in [-0.4, -0.2) is 44.5 Å². The Hall–Kier alpha value is -2.64. The number of hydrogen-bond donors (Lipinski definition) is 1. The van der Waals surface area contributed by atoms with Crippen LogP contribution in [0.3, 0.4) is 0 Å². The molecule has 0 radical (unpaired) electrons. The predicted octanol–water partition coefficient (Wildman–Crippen LogP) is 2.64. The van der Waals surface area contributed by atoms with Crippen molar-refractivity contribution in [3.63, 3.8) is 0 Å². The number of hydrogen-bond acceptors (Lipinski definition) is 7. The van der Waals surface area contributed by atoms with Crippen LogP contribution in [-0.2, 0) is 16.2 Å². The molecule has 30 heavy (non-hydrogen) atoms. The van der Waals surface area contributed by atoms with E-state index in [1.807, 2.05) is 0 Å². The summed E-state index contributed by atoms with van der Waals surface area (Å²) < 4.78 is 61.2. The van der Waals surface area contributed by atoms with Crippen molar-refractivity contribution in [2.24, 2.45) is 5.14 Å². The molecule has 14 heteroatoms. The van der Waals surface area contributed by atoms with Gasteiger partial charge in [-0.15, -0.1) is 0 Å². The number of nitrogens with two attached hydrogens (primary N) is 1. The first-order chi connectivity index (χ1) is 13.9.